The lowest BCUT2D eigenvalue weighted by atomic mass is 10.2. The number of sulfone groups is 1. The second kappa shape index (κ2) is 6.54. The molecule has 1 atom stereocenters. The lowest BCUT2D eigenvalue weighted by Gasteiger charge is -2.28. The summed E-state index contributed by atoms with van der Waals surface area (Å²) in [4.78, 5) is 18.3. The van der Waals surface area contributed by atoms with Crippen LogP contribution in [-0.2, 0) is 20.3 Å². The number of carbonyl (C=O) groups excluding carboxylic acids is 1. The number of hydrogen-bond donors (Lipinski definition) is 0. The summed E-state index contributed by atoms with van der Waals surface area (Å²) in [6.07, 6.45) is 2.65. The first kappa shape index (κ1) is 17.2. The first-order valence-corrected chi connectivity index (χ1v) is 9.94. The van der Waals surface area contributed by atoms with Crippen LogP contribution >= 0.6 is 11.3 Å². The second-order valence-electron chi connectivity index (χ2n) is 6.49. The van der Waals surface area contributed by atoms with Crippen LogP contribution in [0, 0.1) is 0 Å². The van der Waals surface area contributed by atoms with Crippen molar-refractivity contribution in [3.63, 3.8) is 0 Å². The molecular weight excluding hydrogens is 324 g/mol. The van der Waals surface area contributed by atoms with E-state index in [0.717, 1.165) is 11.3 Å². The van der Waals surface area contributed by atoms with Crippen LogP contribution in [0.25, 0.3) is 0 Å². The average Bonchev–Trinajstić information content (AvgIpc) is 2.96. The van der Waals surface area contributed by atoms with Crippen molar-refractivity contribution in [2.45, 2.75) is 51.0 Å². The van der Waals surface area contributed by atoms with Gasteiger partial charge in [-0.05, 0) is 33.6 Å². The van der Waals surface area contributed by atoms with Gasteiger partial charge in [0.1, 0.15) is 5.60 Å². The smallest absolute Gasteiger partial charge is 0.410 e. The summed E-state index contributed by atoms with van der Waals surface area (Å²) in [5.74, 6) is -0.0412. The molecule has 1 saturated heterocycles. The van der Waals surface area contributed by atoms with Gasteiger partial charge in [0.15, 0.2) is 9.84 Å². The maximum Gasteiger partial charge on any atom is 0.410 e. The minimum Gasteiger partial charge on any atom is -0.444 e. The Labute approximate surface area is 135 Å². The van der Waals surface area contributed by atoms with Gasteiger partial charge in [0, 0.05) is 23.7 Å². The number of hydrogen-bond acceptors (Lipinski definition) is 6. The lowest BCUT2D eigenvalue weighted by Crippen LogP contribution is -2.42. The molecule has 124 valence electrons. The third-order valence-corrected chi connectivity index (χ3v) is 5.90. The molecule has 1 fully saturated rings. The Hall–Kier alpha value is -1.15. The fraction of sp³-hybridized carbons (Fsp3) is 0.714. The van der Waals surface area contributed by atoms with Crippen molar-refractivity contribution in [2.75, 3.05) is 12.3 Å². The minimum atomic E-state index is -3.28. The van der Waals surface area contributed by atoms with Crippen LogP contribution < -0.4 is 0 Å². The van der Waals surface area contributed by atoms with Crippen molar-refractivity contribution in [1.29, 1.82) is 0 Å². The Kier molecular flexibility index (Phi) is 5.11. The van der Waals surface area contributed by atoms with Gasteiger partial charge in [-0.3, -0.25) is 4.98 Å². The van der Waals surface area contributed by atoms with E-state index in [4.69, 9.17) is 4.74 Å². The normalized spacial score (nSPS) is 19.4. The molecule has 0 bridgehead atoms. The average molecular weight is 346 g/mol. The van der Waals surface area contributed by atoms with Crippen LogP contribution in [0.4, 0.5) is 4.79 Å². The number of thiazole rings is 1. The fourth-order valence-electron chi connectivity index (χ4n) is 2.45. The summed E-state index contributed by atoms with van der Waals surface area (Å²) < 4.78 is 30.0. The molecule has 2 heterocycles. The van der Waals surface area contributed by atoms with Crippen molar-refractivity contribution < 1.29 is 17.9 Å². The predicted octanol–water partition coefficient (Wildman–Crippen LogP) is 2.46. The van der Waals surface area contributed by atoms with Gasteiger partial charge in [0.2, 0.25) is 0 Å². The van der Waals surface area contributed by atoms with Crippen LogP contribution in [-0.4, -0.2) is 48.3 Å². The maximum atomic E-state index is 12.3. The second-order valence-corrected chi connectivity index (χ2v) is 9.57. The number of carbonyl (C=O) groups is 1. The fourth-order valence-corrected chi connectivity index (χ4v) is 5.20. The number of rotatable bonds is 4. The van der Waals surface area contributed by atoms with Crippen LogP contribution in [0.15, 0.2) is 11.7 Å². The van der Waals surface area contributed by atoms with E-state index in [1.165, 1.54) is 11.3 Å². The topological polar surface area (TPSA) is 76.6 Å². The van der Waals surface area contributed by atoms with Crippen LogP contribution in [0.2, 0.25) is 0 Å². The van der Waals surface area contributed by atoms with Gasteiger partial charge in [-0.1, -0.05) is 0 Å². The molecule has 0 aliphatic carbocycles. The van der Waals surface area contributed by atoms with Crippen molar-refractivity contribution in [3.05, 3.63) is 16.6 Å². The Morgan fingerprint density at radius 2 is 2.23 bits per heavy atom. The molecule has 8 heteroatoms. The Bertz CT molecular complexity index is 605. The Balaban J connectivity index is 2.00. The van der Waals surface area contributed by atoms with Gasteiger partial charge in [0.25, 0.3) is 0 Å². The van der Waals surface area contributed by atoms with Crippen molar-refractivity contribution in [1.82, 2.24) is 9.88 Å². The number of amides is 1. The molecule has 1 aromatic heterocycles. The molecule has 1 unspecified atom stereocenters. The summed E-state index contributed by atoms with van der Waals surface area (Å²) in [6, 6.07) is -0.298. The van der Waals surface area contributed by atoms with Gasteiger partial charge in [-0.15, -0.1) is 11.3 Å². The van der Waals surface area contributed by atoms with E-state index in [1.54, 1.807) is 37.4 Å². The van der Waals surface area contributed by atoms with Crippen molar-refractivity contribution >= 4 is 27.3 Å². The van der Waals surface area contributed by atoms with Crippen molar-refractivity contribution in [2.24, 2.45) is 0 Å². The third-order valence-electron chi connectivity index (χ3n) is 3.30. The molecule has 0 N–H and O–H groups in total. The SMILES string of the molecule is CC(C)(C)OC(=O)N1CCCC1CS(=O)(=O)Cc1cncs1. The van der Waals surface area contributed by atoms with Crippen LogP contribution in [0.1, 0.15) is 38.5 Å². The number of nitrogens with zero attached hydrogens (tertiary/aromatic N) is 2. The summed E-state index contributed by atoms with van der Waals surface area (Å²) >= 11 is 1.33. The van der Waals surface area contributed by atoms with Gasteiger partial charge in [-0.2, -0.15) is 0 Å². The molecule has 6 nitrogen and oxygen atoms in total. The number of aromatic nitrogens is 1. The van der Waals surface area contributed by atoms with Gasteiger partial charge < -0.3 is 9.64 Å². The highest BCUT2D eigenvalue weighted by molar-refractivity contribution is 7.90. The number of likely N-dealkylation sites (tertiary alicyclic amines) is 1. The summed E-state index contributed by atoms with van der Waals surface area (Å²) in [5, 5.41) is 0. The monoisotopic (exact) mass is 346 g/mol. The van der Waals surface area contributed by atoms with E-state index in [0.29, 0.717) is 13.0 Å². The lowest BCUT2D eigenvalue weighted by molar-refractivity contribution is 0.0241. The highest BCUT2D eigenvalue weighted by Crippen LogP contribution is 2.23. The van der Waals surface area contributed by atoms with Gasteiger partial charge >= 0.3 is 6.09 Å². The zero-order valence-corrected chi connectivity index (χ0v) is 14.7. The summed E-state index contributed by atoms with van der Waals surface area (Å²) in [7, 11) is -3.28. The standard InChI is InChI=1S/C14H22N2O4S2/c1-14(2,3)20-13(17)16-6-4-5-11(16)8-22(18,19)9-12-7-15-10-21-12/h7,10-11H,4-6,8-9H2,1-3H3. The predicted molar refractivity (Wildman–Crippen MR) is 85.6 cm³/mol. The minimum absolute atomic E-state index is 0.0175. The van der Waals surface area contributed by atoms with Gasteiger partial charge in [0.05, 0.1) is 17.0 Å². The largest absolute Gasteiger partial charge is 0.444 e. The van der Waals surface area contributed by atoms with E-state index in [-0.39, 0.29) is 17.5 Å². The molecule has 1 aromatic rings. The first-order valence-electron chi connectivity index (χ1n) is 7.24. The highest BCUT2D eigenvalue weighted by atomic mass is 32.2. The van der Waals surface area contributed by atoms with Crippen LogP contribution in [0.5, 0.6) is 0 Å². The van der Waals surface area contributed by atoms with Crippen LogP contribution in [0.3, 0.4) is 0 Å². The molecule has 22 heavy (non-hydrogen) atoms. The van der Waals surface area contributed by atoms with E-state index in [2.05, 4.69) is 4.98 Å². The molecule has 0 aromatic carbocycles. The summed E-state index contributed by atoms with van der Waals surface area (Å²) in [6.45, 7) is 5.96. The molecular formula is C14H22N2O4S2. The molecule has 1 aliphatic rings. The number of ether oxygens (including phenoxy) is 1. The van der Waals surface area contributed by atoms with E-state index in [1.807, 2.05) is 0 Å². The Morgan fingerprint density at radius 3 is 2.82 bits per heavy atom. The maximum absolute atomic E-state index is 12.3. The zero-order valence-electron chi connectivity index (χ0n) is 13.1. The Morgan fingerprint density at radius 1 is 1.50 bits per heavy atom. The molecule has 2 rings (SSSR count). The van der Waals surface area contributed by atoms with Gasteiger partial charge in [-0.25, -0.2) is 13.2 Å². The highest BCUT2D eigenvalue weighted by Gasteiger charge is 2.35. The molecule has 1 amide bonds. The zero-order chi connectivity index (χ0) is 16.4. The molecule has 0 radical (unpaired) electrons. The molecule has 0 spiro atoms. The first-order chi connectivity index (χ1) is 10.2. The molecule has 1 aliphatic heterocycles. The van der Waals surface area contributed by atoms with E-state index < -0.39 is 21.5 Å². The van der Waals surface area contributed by atoms with E-state index >= 15 is 0 Å². The van der Waals surface area contributed by atoms with Crippen molar-refractivity contribution in [3.8, 4) is 0 Å². The third kappa shape index (κ3) is 4.95. The molecule has 0 saturated carbocycles. The quantitative estimate of drug-likeness (QED) is 0.837. The summed E-state index contributed by atoms with van der Waals surface area (Å²) in [5.41, 5.74) is 1.04. The van der Waals surface area contributed by atoms with E-state index in [9.17, 15) is 13.2 Å².